The van der Waals surface area contributed by atoms with Gasteiger partial charge in [-0.15, -0.1) is 0 Å². The largest absolute Gasteiger partial charge is 0.457 e. The number of ether oxygens (including phenoxy) is 2. The van der Waals surface area contributed by atoms with Crippen LogP contribution in [0.15, 0.2) is 72.8 Å². The maximum Gasteiger partial charge on any atom is 0.318 e. The van der Waals surface area contributed by atoms with Gasteiger partial charge in [0.25, 0.3) is 5.91 Å². The summed E-state index contributed by atoms with van der Waals surface area (Å²) in [5, 5.41) is 2.77. The van der Waals surface area contributed by atoms with Crippen LogP contribution in [0, 0.1) is 6.92 Å². The number of hydrogen-bond donors (Lipinski definition) is 1. The molecule has 4 rings (SSSR count). The number of amides is 1. The highest BCUT2D eigenvalue weighted by molar-refractivity contribution is 5.94. The summed E-state index contributed by atoms with van der Waals surface area (Å²) in [6.07, 6.45) is 0. The van der Waals surface area contributed by atoms with Crippen LogP contribution in [0.4, 0.5) is 5.69 Å². The molecule has 0 radical (unpaired) electrons. The van der Waals surface area contributed by atoms with Gasteiger partial charge in [0.1, 0.15) is 17.4 Å². The highest BCUT2D eigenvalue weighted by Crippen LogP contribution is 2.44. The Balaban J connectivity index is 1.51. The second kappa shape index (κ2) is 7.56. The summed E-state index contributed by atoms with van der Waals surface area (Å²) in [5.41, 5.74) is 3.09. The zero-order valence-corrected chi connectivity index (χ0v) is 15.3. The standard InChI is InChI=1S/C23H19NO4/c1-15-8-2-5-11-18(15)24-21(25)14-27-23(26)22-16-9-3-6-12-19(16)28-20-13-7-4-10-17(20)22/h2-13,22H,14H2,1H3,(H,24,25). The molecular weight excluding hydrogens is 354 g/mol. The maximum absolute atomic E-state index is 12.9. The van der Waals surface area contributed by atoms with Gasteiger partial charge in [-0.3, -0.25) is 9.59 Å². The van der Waals surface area contributed by atoms with Crippen molar-refractivity contribution in [1.82, 2.24) is 0 Å². The minimum atomic E-state index is -0.632. The highest BCUT2D eigenvalue weighted by atomic mass is 16.5. The van der Waals surface area contributed by atoms with E-state index in [2.05, 4.69) is 5.32 Å². The Kier molecular flexibility index (Phi) is 4.81. The van der Waals surface area contributed by atoms with Crippen molar-refractivity contribution >= 4 is 17.6 Å². The number of benzene rings is 3. The summed E-state index contributed by atoms with van der Waals surface area (Å²) in [6.45, 7) is 1.55. The van der Waals surface area contributed by atoms with Crippen molar-refractivity contribution in [3.63, 3.8) is 0 Å². The number of anilines is 1. The molecule has 1 heterocycles. The number of fused-ring (bicyclic) bond motifs is 2. The molecule has 5 nitrogen and oxygen atoms in total. The summed E-state index contributed by atoms with van der Waals surface area (Å²) < 4.78 is 11.3. The topological polar surface area (TPSA) is 64.6 Å². The Morgan fingerprint density at radius 3 is 2.11 bits per heavy atom. The SMILES string of the molecule is Cc1ccccc1NC(=O)COC(=O)C1c2ccccc2Oc2ccccc21. The molecule has 0 saturated carbocycles. The maximum atomic E-state index is 12.9. The molecule has 0 spiro atoms. The summed E-state index contributed by atoms with van der Waals surface area (Å²) >= 11 is 0. The molecular formula is C23H19NO4. The van der Waals surface area contributed by atoms with Gasteiger partial charge >= 0.3 is 5.97 Å². The third-order valence-electron chi connectivity index (χ3n) is 4.68. The second-order valence-electron chi connectivity index (χ2n) is 6.58. The van der Waals surface area contributed by atoms with Gasteiger partial charge < -0.3 is 14.8 Å². The average molecular weight is 373 g/mol. The van der Waals surface area contributed by atoms with E-state index >= 15 is 0 Å². The first kappa shape index (κ1) is 17.8. The number of carbonyl (C=O) groups excluding carboxylic acids is 2. The number of rotatable bonds is 4. The third-order valence-corrected chi connectivity index (χ3v) is 4.68. The molecule has 0 bridgehead atoms. The van der Waals surface area contributed by atoms with Gasteiger partial charge in [-0.2, -0.15) is 0 Å². The Hall–Kier alpha value is -3.60. The molecule has 5 heteroatoms. The molecule has 1 N–H and O–H groups in total. The molecule has 1 aliphatic rings. The molecule has 1 aliphatic heterocycles. The second-order valence-corrected chi connectivity index (χ2v) is 6.58. The van der Waals surface area contributed by atoms with Crippen LogP contribution in [0.25, 0.3) is 0 Å². The molecule has 0 aromatic heterocycles. The molecule has 1 amide bonds. The molecule has 140 valence electrons. The van der Waals surface area contributed by atoms with E-state index in [0.29, 0.717) is 17.2 Å². The number of aryl methyl sites for hydroxylation is 1. The van der Waals surface area contributed by atoms with Crippen LogP contribution in [-0.2, 0) is 14.3 Å². The van der Waals surface area contributed by atoms with Gasteiger partial charge in [0.05, 0.1) is 0 Å². The lowest BCUT2D eigenvalue weighted by molar-refractivity contribution is -0.148. The molecule has 0 unspecified atom stereocenters. The highest BCUT2D eigenvalue weighted by Gasteiger charge is 2.33. The molecule has 0 aliphatic carbocycles. The van der Waals surface area contributed by atoms with E-state index in [9.17, 15) is 9.59 Å². The normalized spacial score (nSPS) is 12.3. The fraction of sp³-hybridized carbons (Fsp3) is 0.130. The first-order chi connectivity index (χ1) is 13.6. The van der Waals surface area contributed by atoms with Gasteiger partial charge in [-0.1, -0.05) is 54.6 Å². The van der Waals surface area contributed by atoms with Crippen molar-refractivity contribution < 1.29 is 19.1 Å². The monoisotopic (exact) mass is 373 g/mol. The zero-order valence-electron chi connectivity index (χ0n) is 15.3. The summed E-state index contributed by atoms with van der Waals surface area (Å²) in [5.74, 6) is -0.258. The van der Waals surface area contributed by atoms with Crippen molar-refractivity contribution in [3.8, 4) is 11.5 Å². The van der Waals surface area contributed by atoms with Gasteiger partial charge in [0, 0.05) is 16.8 Å². The molecule has 0 fully saturated rings. The van der Waals surface area contributed by atoms with E-state index < -0.39 is 11.9 Å². The first-order valence-corrected chi connectivity index (χ1v) is 9.01. The van der Waals surface area contributed by atoms with E-state index in [1.54, 1.807) is 6.07 Å². The number of para-hydroxylation sites is 3. The lowest BCUT2D eigenvalue weighted by Crippen LogP contribution is -2.26. The predicted octanol–water partition coefficient (Wildman–Crippen LogP) is 4.41. The Morgan fingerprint density at radius 2 is 1.46 bits per heavy atom. The van der Waals surface area contributed by atoms with Crippen molar-refractivity contribution in [2.75, 3.05) is 11.9 Å². The third kappa shape index (κ3) is 3.47. The number of esters is 1. The van der Waals surface area contributed by atoms with E-state index in [-0.39, 0.29) is 12.5 Å². The van der Waals surface area contributed by atoms with Gasteiger partial charge in [0.15, 0.2) is 6.61 Å². The lowest BCUT2D eigenvalue weighted by Gasteiger charge is -2.26. The fourth-order valence-electron chi connectivity index (χ4n) is 3.28. The summed E-state index contributed by atoms with van der Waals surface area (Å²) in [4.78, 5) is 25.1. The Labute approximate surface area is 162 Å². The number of carbonyl (C=O) groups is 2. The Bertz CT molecular complexity index is 999. The van der Waals surface area contributed by atoms with Gasteiger partial charge in [-0.25, -0.2) is 0 Å². The molecule has 3 aromatic carbocycles. The van der Waals surface area contributed by atoms with Crippen molar-refractivity contribution in [2.45, 2.75) is 12.8 Å². The van der Waals surface area contributed by atoms with E-state index in [4.69, 9.17) is 9.47 Å². The zero-order chi connectivity index (χ0) is 19.5. The van der Waals surface area contributed by atoms with Crippen LogP contribution >= 0.6 is 0 Å². The minimum Gasteiger partial charge on any atom is -0.457 e. The van der Waals surface area contributed by atoms with Crippen LogP contribution in [0.5, 0.6) is 11.5 Å². The lowest BCUT2D eigenvalue weighted by atomic mass is 9.88. The van der Waals surface area contributed by atoms with E-state index in [0.717, 1.165) is 16.7 Å². The van der Waals surface area contributed by atoms with Crippen LogP contribution in [0.3, 0.4) is 0 Å². The van der Waals surface area contributed by atoms with Crippen LogP contribution in [0.1, 0.15) is 22.6 Å². The smallest absolute Gasteiger partial charge is 0.318 e. The van der Waals surface area contributed by atoms with Crippen LogP contribution < -0.4 is 10.1 Å². The number of hydrogen-bond acceptors (Lipinski definition) is 4. The molecule has 28 heavy (non-hydrogen) atoms. The molecule has 0 atom stereocenters. The van der Waals surface area contributed by atoms with Crippen molar-refractivity contribution in [1.29, 1.82) is 0 Å². The molecule has 0 saturated heterocycles. The number of nitrogens with one attached hydrogen (secondary N) is 1. The Morgan fingerprint density at radius 1 is 0.893 bits per heavy atom. The fourth-order valence-corrected chi connectivity index (χ4v) is 3.28. The summed E-state index contributed by atoms with van der Waals surface area (Å²) in [6, 6.07) is 22.1. The average Bonchev–Trinajstić information content (AvgIpc) is 2.72. The van der Waals surface area contributed by atoms with Gasteiger partial charge in [-0.05, 0) is 30.7 Å². The van der Waals surface area contributed by atoms with Crippen LogP contribution in [0.2, 0.25) is 0 Å². The van der Waals surface area contributed by atoms with Crippen LogP contribution in [-0.4, -0.2) is 18.5 Å². The molecule has 3 aromatic rings. The summed E-state index contributed by atoms with van der Waals surface area (Å²) in [7, 11) is 0. The minimum absolute atomic E-state index is 0.352. The van der Waals surface area contributed by atoms with Crippen molar-refractivity contribution in [2.24, 2.45) is 0 Å². The first-order valence-electron chi connectivity index (χ1n) is 9.01. The predicted molar refractivity (Wildman–Crippen MR) is 106 cm³/mol. The van der Waals surface area contributed by atoms with Crippen molar-refractivity contribution in [3.05, 3.63) is 89.5 Å². The van der Waals surface area contributed by atoms with E-state index in [1.165, 1.54) is 0 Å². The quantitative estimate of drug-likeness (QED) is 0.688. The van der Waals surface area contributed by atoms with Gasteiger partial charge in [0.2, 0.25) is 0 Å². The van der Waals surface area contributed by atoms with E-state index in [1.807, 2.05) is 73.7 Å².